The number of carbonyl (C=O) groups is 1. The molecule has 2 aliphatic rings. The minimum atomic E-state index is -0.0535. The Morgan fingerprint density at radius 3 is 2.61 bits per heavy atom. The second kappa shape index (κ2) is 5.81. The smallest absolute Gasteiger partial charge is 0.275 e. The van der Waals surface area contributed by atoms with E-state index in [1.54, 1.807) is 0 Å². The zero-order chi connectivity index (χ0) is 15.8. The molecule has 2 aliphatic heterocycles. The molecule has 0 saturated carbocycles. The van der Waals surface area contributed by atoms with E-state index in [1.165, 1.54) is 19.1 Å². The minimum Gasteiger partial charge on any atom is -0.444 e. The average Bonchev–Trinajstić information content (AvgIpc) is 3.21. The number of carbonyl (C=O) groups excluding carboxylic acids is 1. The topological polar surface area (TPSA) is 58.4 Å². The first-order valence-electron chi connectivity index (χ1n) is 8.25. The molecule has 0 radical (unpaired) electrons. The predicted octanol–water partition coefficient (Wildman–Crippen LogP) is 2.70. The second-order valence-electron chi connectivity index (χ2n) is 6.58. The van der Waals surface area contributed by atoms with Gasteiger partial charge in [-0.3, -0.25) is 4.79 Å². The molecule has 1 aromatic carbocycles. The van der Waals surface area contributed by atoms with Gasteiger partial charge < -0.3 is 14.6 Å². The highest BCUT2D eigenvalue weighted by Gasteiger charge is 2.37. The molecule has 23 heavy (non-hydrogen) atoms. The van der Waals surface area contributed by atoms with E-state index in [1.807, 2.05) is 42.3 Å². The molecule has 2 saturated heterocycles. The van der Waals surface area contributed by atoms with Crippen molar-refractivity contribution in [1.29, 1.82) is 0 Å². The predicted molar refractivity (Wildman–Crippen MR) is 87.0 cm³/mol. The number of fused-ring (bicyclic) bond motifs is 2. The molecule has 0 aliphatic carbocycles. The summed E-state index contributed by atoms with van der Waals surface area (Å²) in [6.45, 7) is 0. The summed E-state index contributed by atoms with van der Waals surface area (Å²) in [6.07, 6.45) is 5.98. The van der Waals surface area contributed by atoms with Crippen LogP contribution in [0.3, 0.4) is 0 Å². The third-order valence-electron chi connectivity index (χ3n) is 5.06. The summed E-state index contributed by atoms with van der Waals surface area (Å²) in [5, 5.41) is 3.61. The van der Waals surface area contributed by atoms with Crippen molar-refractivity contribution in [3.8, 4) is 11.5 Å². The van der Waals surface area contributed by atoms with Gasteiger partial charge in [-0.05, 0) is 37.8 Å². The van der Waals surface area contributed by atoms with Gasteiger partial charge in [0, 0.05) is 30.7 Å². The number of oxazole rings is 1. The van der Waals surface area contributed by atoms with Crippen molar-refractivity contribution in [3.63, 3.8) is 0 Å². The summed E-state index contributed by atoms with van der Waals surface area (Å²) in [6, 6.07) is 11.1. The molecule has 2 fully saturated rings. The lowest BCUT2D eigenvalue weighted by molar-refractivity contribution is 0.0676. The largest absolute Gasteiger partial charge is 0.444 e. The van der Waals surface area contributed by atoms with Crippen LogP contribution in [-0.2, 0) is 0 Å². The van der Waals surface area contributed by atoms with Crippen LogP contribution in [0.25, 0.3) is 11.5 Å². The van der Waals surface area contributed by atoms with E-state index in [9.17, 15) is 4.79 Å². The Kier molecular flexibility index (Phi) is 3.65. The molecular formula is C18H21N3O2. The van der Waals surface area contributed by atoms with Gasteiger partial charge in [-0.1, -0.05) is 18.2 Å². The first-order chi connectivity index (χ1) is 11.2. The maximum atomic E-state index is 12.7. The molecule has 3 heterocycles. The maximum Gasteiger partial charge on any atom is 0.275 e. The van der Waals surface area contributed by atoms with Crippen LogP contribution in [0.15, 0.2) is 41.0 Å². The Balaban J connectivity index is 1.49. The highest BCUT2D eigenvalue weighted by atomic mass is 16.3. The van der Waals surface area contributed by atoms with Crippen molar-refractivity contribution in [2.75, 3.05) is 7.05 Å². The van der Waals surface area contributed by atoms with Crippen molar-refractivity contribution < 1.29 is 9.21 Å². The van der Waals surface area contributed by atoms with Gasteiger partial charge >= 0.3 is 0 Å². The summed E-state index contributed by atoms with van der Waals surface area (Å²) in [4.78, 5) is 18.9. The van der Waals surface area contributed by atoms with Crippen LogP contribution < -0.4 is 5.32 Å². The van der Waals surface area contributed by atoms with Gasteiger partial charge in [0.05, 0.1) is 0 Å². The third-order valence-corrected chi connectivity index (χ3v) is 5.06. The van der Waals surface area contributed by atoms with Crippen molar-refractivity contribution in [2.24, 2.45) is 0 Å². The Bertz CT molecular complexity index is 685. The van der Waals surface area contributed by atoms with E-state index in [0.717, 1.165) is 18.4 Å². The molecular weight excluding hydrogens is 290 g/mol. The Morgan fingerprint density at radius 2 is 1.91 bits per heavy atom. The van der Waals surface area contributed by atoms with Gasteiger partial charge in [0.2, 0.25) is 5.89 Å². The number of amides is 1. The molecule has 2 atom stereocenters. The number of nitrogens with one attached hydrogen (secondary N) is 1. The zero-order valence-corrected chi connectivity index (χ0v) is 13.2. The zero-order valence-electron chi connectivity index (χ0n) is 13.2. The quantitative estimate of drug-likeness (QED) is 0.947. The van der Waals surface area contributed by atoms with Gasteiger partial charge in [0.1, 0.15) is 6.26 Å². The fourth-order valence-electron chi connectivity index (χ4n) is 3.78. The van der Waals surface area contributed by atoms with E-state index >= 15 is 0 Å². The SMILES string of the molecule is CN(C(=O)c1coc(-c2ccccc2)n1)C1CC2CCC(C1)N2. The van der Waals surface area contributed by atoms with E-state index in [0.29, 0.717) is 23.7 Å². The van der Waals surface area contributed by atoms with Gasteiger partial charge in [-0.15, -0.1) is 0 Å². The van der Waals surface area contributed by atoms with Crippen LogP contribution in [0.2, 0.25) is 0 Å². The van der Waals surface area contributed by atoms with E-state index in [-0.39, 0.29) is 11.9 Å². The van der Waals surface area contributed by atoms with Crippen molar-refractivity contribution in [1.82, 2.24) is 15.2 Å². The summed E-state index contributed by atoms with van der Waals surface area (Å²) < 4.78 is 5.49. The molecule has 1 amide bonds. The summed E-state index contributed by atoms with van der Waals surface area (Å²) >= 11 is 0. The van der Waals surface area contributed by atoms with Gasteiger partial charge in [0.25, 0.3) is 5.91 Å². The molecule has 2 unspecified atom stereocenters. The number of nitrogens with zero attached hydrogens (tertiary/aromatic N) is 2. The lowest BCUT2D eigenvalue weighted by atomic mass is 9.98. The molecule has 0 spiro atoms. The fraction of sp³-hybridized carbons (Fsp3) is 0.444. The van der Waals surface area contributed by atoms with Crippen LogP contribution in [0, 0.1) is 0 Å². The number of hydrogen-bond acceptors (Lipinski definition) is 4. The van der Waals surface area contributed by atoms with Crippen LogP contribution in [0.4, 0.5) is 0 Å². The molecule has 2 bridgehead atoms. The Labute approximate surface area is 135 Å². The van der Waals surface area contributed by atoms with E-state index < -0.39 is 0 Å². The molecule has 120 valence electrons. The molecule has 4 rings (SSSR count). The molecule has 1 aromatic heterocycles. The number of rotatable bonds is 3. The van der Waals surface area contributed by atoms with E-state index in [2.05, 4.69) is 10.3 Å². The second-order valence-corrected chi connectivity index (χ2v) is 6.58. The van der Waals surface area contributed by atoms with Crippen LogP contribution in [-0.4, -0.2) is 41.0 Å². The highest BCUT2D eigenvalue weighted by molar-refractivity contribution is 5.92. The van der Waals surface area contributed by atoms with Gasteiger partial charge in [-0.2, -0.15) is 0 Å². The lowest BCUT2D eigenvalue weighted by Gasteiger charge is -2.35. The standard InChI is InChI=1S/C18H21N3O2/c1-21(15-9-13-7-8-14(10-15)19-13)18(22)16-11-23-17(20-16)12-5-3-2-4-6-12/h2-6,11,13-15,19H,7-10H2,1H3. The summed E-state index contributed by atoms with van der Waals surface area (Å²) in [7, 11) is 1.88. The first-order valence-corrected chi connectivity index (χ1v) is 8.25. The van der Waals surface area contributed by atoms with Crippen molar-refractivity contribution in [3.05, 3.63) is 42.3 Å². The van der Waals surface area contributed by atoms with Gasteiger partial charge in [-0.25, -0.2) is 4.98 Å². The number of hydrogen-bond donors (Lipinski definition) is 1. The Morgan fingerprint density at radius 1 is 1.22 bits per heavy atom. The first kappa shape index (κ1) is 14.5. The van der Waals surface area contributed by atoms with Crippen LogP contribution >= 0.6 is 0 Å². The van der Waals surface area contributed by atoms with E-state index in [4.69, 9.17) is 4.42 Å². The monoisotopic (exact) mass is 311 g/mol. The third kappa shape index (κ3) is 2.77. The summed E-state index contributed by atoms with van der Waals surface area (Å²) in [5.74, 6) is 0.440. The molecule has 5 heteroatoms. The van der Waals surface area contributed by atoms with Crippen molar-refractivity contribution >= 4 is 5.91 Å². The number of piperidine rings is 1. The van der Waals surface area contributed by atoms with Crippen LogP contribution in [0.5, 0.6) is 0 Å². The lowest BCUT2D eigenvalue weighted by Crippen LogP contribution is -2.48. The normalized spacial score (nSPS) is 26.2. The number of benzene rings is 1. The van der Waals surface area contributed by atoms with Crippen molar-refractivity contribution in [2.45, 2.75) is 43.8 Å². The summed E-state index contributed by atoms with van der Waals surface area (Å²) in [5.41, 5.74) is 1.27. The molecule has 1 N–H and O–H groups in total. The maximum absolute atomic E-state index is 12.7. The average molecular weight is 311 g/mol. The minimum absolute atomic E-state index is 0.0535. The van der Waals surface area contributed by atoms with Gasteiger partial charge in [0.15, 0.2) is 5.69 Å². The number of aromatic nitrogens is 1. The fourth-order valence-corrected chi connectivity index (χ4v) is 3.78. The van der Waals surface area contributed by atoms with Crippen LogP contribution in [0.1, 0.15) is 36.2 Å². The highest BCUT2D eigenvalue weighted by Crippen LogP contribution is 2.30. The Hall–Kier alpha value is -2.14. The molecule has 2 aromatic rings. The molecule has 5 nitrogen and oxygen atoms in total.